The number of carbonyl (C=O) groups is 1. The van der Waals surface area contributed by atoms with E-state index in [1.807, 2.05) is 13.8 Å². The van der Waals surface area contributed by atoms with Crippen LogP contribution in [0.5, 0.6) is 0 Å². The largest absolute Gasteiger partial charge is 0.461 e. The Kier molecular flexibility index (Phi) is 6.19. The Balaban J connectivity index is 3.20. The van der Waals surface area contributed by atoms with Crippen molar-refractivity contribution in [1.82, 2.24) is 9.29 Å². The molecule has 0 unspecified atom stereocenters. The topological polar surface area (TPSA) is 77.4 Å². The van der Waals surface area contributed by atoms with Crippen molar-refractivity contribution in [1.29, 1.82) is 0 Å². The van der Waals surface area contributed by atoms with Gasteiger partial charge in [-0.1, -0.05) is 13.8 Å². The SMILES string of the molecule is CCOC(=O)c1c(C)c(S(=O)(=O)NCCC(C)C)c(C)n1C. The Labute approximate surface area is 132 Å². The summed E-state index contributed by atoms with van der Waals surface area (Å²) in [4.78, 5) is 12.2. The number of ether oxygens (including phenoxy) is 1. The van der Waals surface area contributed by atoms with Crippen LogP contribution in [-0.2, 0) is 21.8 Å². The normalized spacial score (nSPS) is 12.0. The lowest BCUT2D eigenvalue weighted by atomic mass is 10.1. The zero-order valence-corrected chi connectivity index (χ0v) is 15.0. The van der Waals surface area contributed by atoms with Gasteiger partial charge in [-0.15, -0.1) is 0 Å². The van der Waals surface area contributed by atoms with Crippen molar-refractivity contribution in [2.75, 3.05) is 13.2 Å². The number of rotatable bonds is 7. The fraction of sp³-hybridized carbons (Fsp3) is 0.667. The lowest BCUT2D eigenvalue weighted by molar-refractivity contribution is 0.0514. The Morgan fingerprint density at radius 1 is 1.32 bits per heavy atom. The number of esters is 1. The van der Waals surface area contributed by atoms with Crippen LogP contribution in [0.25, 0.3) is 0 Å². The molecule has 0 aliphatic carbocycles. The Morgan fingerprint density at radius 2 is 1.91 bits per heavy atom. The second kappa shape index (κ2) is 7.28. The minimum absolute atomic E-state index is 0.168. The molecule has 6 nitrogen and oxygen atoms in total. The van der Waals surface area contributed by atoms with Crippen molar-refractivity contribution in [3.8, 4) is 0 Å². The van der Waals surface area contributed by atoms with Crippen molar-refractivity contribution >= 4 is 16.0 Å². The van der Waals surface area contributed by atoms with Crippen molar-refractivity contribution in [3.05, 3.63) is 17.0 Å². The lowest BCUT2D eigenvalue weighted by Gasteiger charge is -2.09. The number of aromatic nitrogens is 1. The highest BCUT2D eigenvalue weighted by Crippen LogP contribution is 2.26. The molecule has 0 saturated heterocycles. The van der Waals surface area contributed by atoms with Gasteiger partial charge in [0.2, 0.25) is 10.0 Å². The van der Waals surface area contributed by atoms with Gasteiger partial charge in [-0.3, -0.25) is 0 Å². The van der Waals surface area contributed by atoms with Gasteiger partial charge in [0.25, 0.3) is 0 Å². The zero-order valence-electron chi connectivity index (χ0n) is 14.2. The zero-order chi connectivity index (χ0) is 17.1. The number of nitrogens with zero attached hydrogens (tertiary/aromatic N) is 1. The molecule has 0 bridgehead atoms. The molecular weight excluding hydrogens is 304 g/mol. The van der Waals surface area contributed by atoms with Crippen molar-refractivity contribution in [2.24, 2.45) is 13.0 Å². The fourth-order valence-corrected chi connectivity index (χ4v) is 3.95. The van der Waals surface area contributed by atoms with Gasteiger partial charge in [0, 0.05) is 24.8 Å². The molecule has 1 aromatic heterocycles. The van der Waals surface area contributed by atoms with Gasteiger partial charge in [0.15, 0.2) is 0 Å². The van der Waals surface area contributed by atoms with Gasteiger partial charge >= 0.3 is 5.97 Å². The predicted octanol–water partition coefficient (Wildman–Crippen LogP) is 2.14. The van der Waals surface area contributed by atoms with Gasteiger partial charge < -0.3 is 9.30 Å². The molecule has 1 N–H and O–H groups in total. The minimum Gasteiger partial charge on any atom is -0.461 e. The van der Waals surface area contributed by atoms with Gasteiger partial charge in [0.05, 0.1) is 6.61 Å². The van der Waals surface area contributed by atoms with Crippen LogP contribution >= 0.6 is 0 Å². The molecule has 0 fully saturated rings. The summed E-state index contributed by atoms with van der Waals surface area (Å²) in [6.45, 7) is 9.73. The summed E-state index contributed by atoms with van der Waals surface area (Å²) in [5, 5.41) is 0. The smallest absolute Gasteiger partial charge is 0.355 e. The summed E-state index contributed by atoms with van der Waals surface area (Å²) >= 11 is 0. The van der Waals surface area contributed by atoms with E-state index in [9.17, 15) is 13.2 Å². The monoisotopic (exact) mass is 330 g/mol. The van der Waals surface area contributed by atoms with Crippen LogP contribution < -0.4 is 4.72 Å². The van der Waals surface area contributed by atoms with Crippen molar-refractivity contribution < 1.29 is 17.9 Å². The van der Waals surface area contributed by atoms with Crippen LogP contribution in [0.15, 0.2) is 4.90 Å². The Morgan fingerprint density at radius 3 is 2.41 bits per heavy atom. The summed E-state index contributed by atoms with van der Waals surface area (Å²) in [5.41, 5.74) is 1.23. The second-order valence-electron chi connectivity index (χ2n) is 5.75. The van der Waals surface area contributed by atoms with Crippen LogP contribution in [-0.4, -0.2) is 32.1 Å². The minimum atomic E-state index is -3.65. The van der Waals surface area contributed by atoms with Gasteiger partial charge in [-0.2, -0.15) is 0 Å². The first-order valence-electron chi connectivity index (χ1n) is 7.46. The van der Waals surface area contributed by atoms with E-state index >= 15 is 0 Å². The van der Waals surface area contributed by atoms with Gasteiger partial charge in [-0.05, 0) is 33.1 Å². The summed E-state index contributed by atoms with van der Waals surface area (Å²) in [7, 11) is -1.98. The first-order chi connectivity index (χ1) is 10.1. The Hall–Kier alpha value is -1.34. The summed E-state index contributed by atoms with van der Waals surface area (Å²) in [5.74, 6) is -0.0926. The molecule has 1 heterocycles. The molecule has 0 saturated carbocycles. The molecule has 126 valence electrons. The van der Waals surface area contributed by atoms with Crippen LogP contribution in [0, 0.1) is 19.8 Å². The molecular formula is C15H26N2O4S. The van der Waals surface area contributed by atoms with Gasteiger partial charge in [-0.25, -0.2) is 17.9 Å². The van der Waals surface area contributed by atoms with E-state index in [1.165, 1.54) is 0 Å². The van der Waals surface area contributed by atoms with Crippen LogP contribution in [0.2, 0.25) is 0 Å². The lowest BCUT2D eigenvalue weighted by Crippen LogP contribution is -2.26. The first kappa shape index (κ1) is 18.7. The number of sulfonamides is 1. The molecule has 0 aliphatic heterocycles. The van der Waals surface area contributed by atoms with E-state index in [2.05, 4.69) is 4.72 Å². The highest BCUT2D eigenvalue weighted by atomic mass is 32.2. The third-order valence-electron chi connectivity index (χ3n) is 3.61. The van der Waals surface area contributed by atoms with Crippen LogP contribution in [0.4, 0.5) is 0 Å². The average molecular weight is 330 g/mol. The van der Waals surface area contributed by atoms with E-state index in [0.29, 0.717) is 23.7 Å². The molecule has 22 heavy (non-hydrogen) atoms. The standard InChI is InChI=1S/C15H26N2O4S/c1-7-21-15(18)13-11(4)14(12(5)17(13)6)22(19,20)16-9-8-10(2)3/h10,16H,7-9H2,1-6H3. The van der Waals surface area contributed by atoms with Gasteiger partial charge in [0.1, 0.15) is 10.6 Å². The number of hydrogen-bond donors (Lipinski definition) is 1. The third kappa shape index (κ3) is 3.89. The molecule has 0 aromatic carbocycles. The third-order valence-corrected chi connectivity index (χ3v) is 5.34. The Bertz CT molecular complexity index is 645. The summed E-state index contributed by atoms with van der Waals surface area (Å²) in [6.07, 6.45) is 0.759. The van der Waals surface area contributed by atoms with E-state index in [-0.39, 0.29) is 17.2 Å². The predicted molar refractivity (Wildman–Crippen MR) is 85.5 cm³/mol. The molecule has 0 radical (unpaired) electrons. The molecule has 1 rings (SSSR count). The van der Waals surface area contributed by atoms with Crippen LogP contribution in [0.3, 0.4) is 0 Å². The maximum absolute atomic E-state index is 12.5. The summed E-state index contributed by atoms with van der Waals surface area (Å²) < 4.78 is 34.2. The second-order valence-corrected chi connectivity index (χ2v) is 7.45. The van der Waals surface area contributed by atoms with E-state index < -0.39 is 16.0 Å². The first-order valence-corrected chi connectivity index (χ1v) is 8.94. The molecule has 0 atom stereocenters. The maximum Gasteiger partial charge on any atom is 0.355 e. The average Bonchev–Trinajstić information content (AvgIpc) is 2.60. The number of carbonyl (C=O) groups excluding carboxylic acids is 1. The number of nitrogens with one attached hydrogen (secondary N) is 1. The number of hydrogen-bond acceptors (Lipinski definition) is 4. The maximum atomic E-state index is 12.5. The van der Waals surface area contributed by atoms with E-state index in [0.717, 1.165) is 6.42 Å². The quantitative estimate of drug-likeness (QED) is 0.777. The van der Waals surface area contributed by atoms with E-state index in [1.54, 1.807) is 32.4 Å². The fourth-order valence-electron chi connectivity index (χ4n) is 2.39. The highest BCUT2D eigenvalue weighted by Gasteiger charge is 2.29. The van der Waals surface area contributed by atoms with E-state index in [4.69, 9.17) is 4.74 Å². The molecule has 1 aromatic rings. The highest BCUT2D eigenvalue weighted by molar-refractivity contribution is 7.89. The van der Waals surface area contributed by atoms with Crippen molar-refractivity contribution in [2.45, 2.75) is 45.9 Å². The summed E-state index contributed by atoms with van der Waals surface area (Å²) in [6, 6.07) is 0. The van der Waals surface area contributed by atoms with Crippen molar-refractivity contribution in [3.63, 3.8) is 0 Å². The molecule has 0 amide bonds. The molecule has 0 spiro atoms. The van der Waals surface area contributed by atoms with Crippen LogP contribution in [0.1, 0.15) is 48.9 Å². The molecule has 0 aliphatic rings. The molecule has 7 heteroatoms.